The second-order valence-corrected chi connectivity index (χ2v) is 18.8. The topological polar surface area (TPSA) is 223 Å². The van der Waals surface area contributed by atoms with Crippen LogP contribution in [0.4, 0.5) is 0 Å². The van der Waals surface area contributed by atoms with Crippen LogP contribution in [-0.2, 0) is 43.5 Å². The maximum atomic E-state index is 12.5. The average molecular weight is 1050 g/mol. The molecule has 0 heterocycles. The van der Waals surface area contributed by atoms with Gasteiger partial charge in [0, 0.05) is 33.1 Å². The number of carbonyl (C=O) groups is 4. The quantitative estimate of drug-likeness (QED) is 0.0231. The van der Waals surface area contributed by atoms with Gasteiger partial charge < -0.3 is 58.3 Å². The van der Waals surface area contributed by atoms with Crippen LogP contribution in [-0.4, -0.2) is 122 Å². The number of carbonyl (C=O) groups excluding carboxylic acids is 4. The molecule has 16 heteroatoms. The Balaban J connectivity index is 1.58. The summed E-state index contributed by atoms with van der Waals surface area (Å²) in [5.74, 6) is -2.30. The molecule has 4 N–H and O–H groups in total. The van der Waals surface area contributed by atoms with Crippen molar-refractivity contribution in [2.24, 2.45) is 0 Å². The molecule has 0 radical (unpaired) electrons. The molecule has 6 aromatic rings. The van der Waals surface area contributed by atoms with E-state index in [-0.39, 0.29) is 56.4 Å². The highest BCUT2D eigenvalue weighted by Crippen LogP contribution is 2.65. The molecule has 0 fully saturated rings. The van der Waals surface area contributed by atoms with Gasteiger partial charge >= 0.3 is 23.9 Å². The van der Waals surface area contributed by atoms with Crippen LogP contribution in [0.3, 0.4) is 0 Å². The summed E-state index contributed by atoms with van der Waals surface area (Å²) in [7, 11) is 0. The molecule has 0 aliphatic heterocycles. The van der Waals surface area contributed by atoms with E-state index in [9.17, 15) is 39.6 Å². The predicted octanol–water partition coefficient (Wildman–Crippen LogP) is 7.79. The van der Waals surface area contributed by atoms with E-state index >= 15 is 0 Å². The van der Waals surface area contributed by atoms with Crippen molar-refractivity contribution in [3.8, 4) is 34.1 Å². The molecule has 0 saturated carbocycles. The first-order valence-corrected chi connectivity index (χ1v) is 24.7. The van der Waals surface area contributed by atoms with Crippen LogP contribution in [0.1, 0.15) is 49.9 Å². The number of ether oxygens (including phenoxy) is 8. The van der Waals surface area contributed by atoms with Gasteiger partial charge in [-0.2, -0.15) is 0 Å². The zero-order valence-electron chi connectivity index (χ0n) is 43.4. The molecular weight excluding hydrogens is 989 g/mol. The molecule has 0 bridgehead atoms. The standard InChI is InChI=1S/C61H62O16/c1-35(2)57(66)74-31-41(62)27-70-51-25-39-17-9-11-19-45(39)55(72-29-43(64)33-76-59(68)37(5)6)53(51)61(49-23-15-13-21-47(49)48-22-14-16-24-50(48)61)54-52(71-28-42(63)32-75-58(67)36(3)4)26-40-18-10-12-20-46(40)56(54)73-30-44(65)34-77-60(69)38(7)8/h9-26,41-44,62-65H,1,3,5,7,27-34H2,2,4,6,8H3. The Kier molecular flexibility index (Phi) is 18.4. The number of aliphatic hydroxyl groups is 4. The summed E-state index contributed by atoms with van der Waals surface area (Å²) < 4.78 is 48.7. The number of hydrogen-bond acceptors (Lipinski definition) is 16. The second-order valence-electron chi connectivity index (χ2n) is 18.8. The van der Waals surface area contributed by atoms with E-state index in [0.717, 1.165) is 11.1 Å². The van der Waals surface area contributed by atoms with Gasteiger partial charge in [-0.05, 0) is 72.9 Å². The van der Waals surface area contributed by atoms with Crippen LogP contribution in [0.5, 0.6) is 23.0 Å². The fourth-order valence-corrected chi connectivity index (χ4v) is 8.82. The maximum Gasteiger partial charge on any atom is 0.333 e. The van der Waals surface area contributed by atoms with E-state index < -0.39 is 107 Å². The summed E-state index contributed by atoms with van der Waals surface area (Å²) in [6.45, 7) is 16.8. The van der Waals surface area contributed by atoms with E-state index in [1.165, 1.54) is 27.7 Å². The molecule has 0 amide bonds. The van der Waals surface area contributed by atoms with Crippen LogP contribution < -0.4 is 18.9 Å². The van der Waals surface area contributed by atoms with Crippen molar-refractivity contribution in [1.82, 2.24) is 0 Å². The van der Waals surface area contributed by atoms with Crippen molar-refractivity contribution in [2.45, 2.75) is 57.5 Å². The van der Waals surface area contributed by atoms with Gasteiger partial charge in [0.05, 0.1) is 16.5 Å². The number of rotatable bonds is 26. The van der Waals surface area contributed by atoms with Gasteiger partial charge in [-0.15, -0.1) is 0 Å². The fraction of sp³-hybridized carbons (Fsp3) is 0.279. The Morgan fingerprint density at radius 1 is 0.416 bits per heavy atom. The average Bonchev–Trinajstić information content (AvgIpc) is 3.99. The second kappa shape index (κ2) is 25.0. The summed E-state index contributed by atoms with van der Waals surface area (Å²) in [5.41, 5.74) is 2.07. The van der Waals surface area contributed by atoms with Crippen LogP contribution in [0.25, 0.3) is 32.7 Å². The molecule has 6 aromatic carbocycles. The van der Waals surface area contributed by atoms with Gasteiger partial charge in [-0.25, -0.2) is 19.2 Å². The van der Waals surface area contributed by atoms with Crippen LogP contribution >= 0.6 is 0 Å². The molecule has 4 atom stereocenters. The zero-order chi connectivity index (χ0) is 55.6. The Bertz CT molecular complexity index is 3030. The minimum Gasteiger partial charge on any atom is -0.490 e. The summed E-state index contributed by atoms with van der Waals surface area (Å²) in [6.07, 6.45) is -5.55. The lowest BCUT2D eigenvalue weighted by Crippen LogP contribution is -2.34. The van der Waals surface area contributed by atoms with Gasteiger partial charge in [0.2, 0.25) is 0 Å². The Labute approximate surface area is 446 Å². The number of benzene rings is 6. The van der Waals surface area contributed by atoms with E-state index in [4.69, 9.17) is 37.9 Å². The smallest absolute Gasteiger partial charge is 0.333 e. The summed E-state index contributed by atoms with van der Waals surface area (Å²) >= 11 is 0. The minimum absolute atomic E-state index is 0.126. The molecule has 7 rings (SSSR count). The normalized spacial score (nSPS) is 13.7. The maximum absolute atomic E-state index is 12.5. The zero-order valence-corrected chi connectivity index (χ0v) is 43.4. The van der Waals surface area contributed by atoms with Crippen LogP contribution in [0.2, 0.25) is 0 Å². The van der Waals surface area contributed by atoms with Crippen molar-refractivity contribution in [2.75, 3.05) is 52.9 Å². The third-order valence-corrected chi connectivity index (χ3v) is 12.4. The number of fused-ring (bicyclic) bond motifs is 5. The number of esters is 4. The lowest BCUT2D eigenvalue weighted by molar-refractivity contribution is -0.143. The first kappa shape index (κ1) is 56.4. The van der Waals surface area contributed by atoms with E-state index in [1.54, 1.807) is 24.3 Å². The van der Waals surface area contributed by atoms with Crippen molar-refractivity contribution in [3.63, 3.8) is 0 Å². The van der Waals surface area contributed by atoms with Gasteiger partial charge in [-0.3, -0.25) is 0 Å². The number of hydrogen-bond donors (Lipinski definition) is 4. The molecule has 16 nitrogen and oxygen atoms in total. The third kappa shape index (κ3) is 12.7. The molecule has 0 saturated heterocycles. The monoisotopic (exact) mass is 1050 g/mol. The van der Waals surface area contributed by atoms with Gasteiger partial charge in [0.15, 0.2) is 0 Å². The van der Waals surface area contributed by atoms with Crippen molar-refractivity contribution >= 4 is 45.4 Å². The summed E-state index contributed by atoms with van der Waals surface area (Å²) in [4.78, 5) is 50.1. The molecule has 402 valence electrons. The first-order chi connectivity index (χ1) is 36.8. The SMILES string of the molecule is C=C(C)C(=O)OCC(O)COc1cc2ccccc2c(OCC(O)COC(=O)C(=C)C)c1C1(c2c(OCC(O)COC(=O)C(=C)C)cc3ccccc3c2OCC(O)COC(=O)C(=C)C)c2ccccc2-c2ccccc21. The van der Waals surface area contributed by atoms with Gasteiger partial charge in [0.25, 0.3) is 0 Å². The van der Waals surface area contributed by atoms with E-state index in [0.29, 0.717) is 32.7 Å². The van der Waals surface area contributed by atoms with Gasteiger partial charge in [-0.1, -0.05) is 123 Å². The highest BCUT2D eigenvalue weighted by molar-refractivity contribution is 6.00. The Morgan fingerprint density at radius 3 is 1.03 bits per heavy atom. The van der Waals surface area contributed by atoms with E-state index in [1.807, 2.05) is 84.9 Å². The molecule has 1 aliphatic carbocycles. The van der Waals surface area contributed by atoms with Crippen molar-refractivity contribution < 1.29 is 77.5 Å². The van der Waals surface area contributed by atoms with Crippen LogP contribution in [0, 0.1) is 0 Å². The lowest BCUT2D eigenvalue weighted by atomic mass is 9.65. The summed E-state index contributed by atoms with van der Waals surface area (Å²) in [5, 5.41) is 48.2. The largest absolute Gasteiger partial charge is 0.490 e. The third-order valence-electron chi connectivity index (χ3n) is 12.4. The summed E-state index contributed by atoms with van der Waals surface area (Å²) in [6, 6.07) is 33.2. The highest BCUT2D eigenvalue weighted by atomic mass is 16.6. The highest BCUT2D eigenvalue weighted by Gasteiger charge is 2.53. The van der Waals surface area contributed by atoms with E-state index in [2.05, 4.69) is 26.3 Å². The van der Waals surface area contributed by atoms with Gasteiger partial charge in [0.1, 0.15) is 100 Å². The molecule has 0 spiro atoms. The molecule has 77 heavy (non-hydrogen) atoms. The molecule has 0 aromatic heterocycles. The minimum atomic E-state index is -1.72. The Hall–Kier alpha value is -8.28. The van der Waals surface area contributed by atoms with Crippen LogP contribution in [0.15, 0.2) is 158 Å². The predicted molar refractivity (Wildman–Crippen MR) is 288 cm³/mol. The van der Waals surface area contributed by atoms with Crippen molar-refractivity contribution in [1.29, 1.82) is 0 Å². The Morgan fingerprint density at radius 2 is 0.701 bits per heavy atom. The first-order valence-electron chi connectivity index (χ1n) is 24.7. The fourth-order valence-electron chi connectivity index (χ4n) is 8.82. The molecular formula is C61H62O16. The van der Waals surface area contributed by atoms with Crippen molar-refractivity contribution in [3.05, 3.63) is 180 Å². The lowest BCUT2D eigenvalue weighted by Gasteiger charge is -2.39. The molecule has 1 aliphatic rings. The number of aliphatic hydroxyl groups excluding tert-OH is 4. The molecule has 4 unspecified atom stereocenters.